The van der Waals surface area contributed by atoms with Crippen LogP contribution in [0, 0.1) is 5.82 Å². The fraction of sp³-hybridized carbons (Fsp3) is 0.286. The predicted molar refractivity (Wildman–Crippen MR) is 114 cm³/mol. The molecule has 0 amide bonds. The molecule has 0 radical (unpaired) electrons. The van der Waals surface area contributed by atoms with Crippen LogP contribution in [0.4, 0.5) is 4.39 Å². The van der Waals surface area contributed by atoms with Crippen LogP contribution in [-0.4, -0.2) is 55.6 Å². The van der Waals surface area contributed by atoms with Crippen molar-refractivity contribution in [2.24, 2.45) is 0 Å². The molecule has 0 unspecified atom stereocenters. The maximum Gasteiger partial charge on any atom is 0.243 e. The highest BCUT2D eigenvalue weighted by Gasteiger charge is 2.28. The van der Waals surface area contributed by atoms with Gasteiger partial charge in [-0.1, -0.05) is 0 Å². The Hall–Kier alpha value is -2.53. The highest BCUT2D eigenvalue weighted by atomic mass is 32.2. The predicted octanol–water partition coefficient (Wildman–Crippen LogP) is 3.18. The van der Waals surface area contributed by atoms with Crippen LogP contribution in [0.25, 0.3) is 10.6 Å². The zero-order valence-electron chi connectivity index (χ0n) is 16.5. The first kappa shape index (κ1) is 20.4. The van der Waals surface area contributed by atoms with Crippen LogP contribution < -0.4 is 9.47 Å². The molecule has 2 aromatic carbocycles. The van der Waals surface area contributed by atoms with E-state index >= 15 is 0 Å². The maximum atomic E-state index is 13.1. The SMILES string of the molecule is O=S(=O)(c1ccc(F)cc1)N1CCN(Cc2csc(-c3ccc4c(c3)OCO4)n2)CC1. The Kier molecular flexibility index (Phi) is 5.39. The third kappa shape index (κ3) is 4.16. The molecule has 0 N–H and O–H groups in total. The van der Waals surface area contributed by atoms with Gasteiger partial charge in [-0.05, 0) is 42.5 Å². The summed E-state index contributed by atoms with van der Waals surface area (Å²) < 4.78 is 50.9. The van der Waals surface area contributed by atoms with Crippen molar-refractivity contribution in [3.63, 3.8) is 0 Å². The molecule has 1 fully saturated rings. The molecule has 3 aromatic rings. The quantitative estimate of drug-likeness (QED) is 0.581. The van der Waals surface area contributed by atoms with Gasteiger partial charge in [0.25, 0.3) is 0 Å². The second-order valence-corrected chi connectivity index (χ2v) is 10.1. The number of piperazine rings is 1. The van der Waals surface area contributed by atoms with E-state index in [4.69, 9.17) is 14.5 Å². The molecule has 10 heteroatoms. The summed E-state index contributed by atoms with van der Waals surface area (Å²) in [6, 6.07) is 10.7. The largest absolute Gasteiger partial charge is 0.454 e. The van der Waals surface area contributed by atoms with Crippen molar-refractivity contribution in [3.05, 3.63) is 59.4 Å². The van der Waals surface area contributed by atoms with Gasteiger partial charge >= 0.3 is 0 Å². The summed E-state index contributed by atoms with van der Waals surface area (Å²) >= 11 is 1.57. The summed E-state index contributed by atoms with van der Waals surface area (Å²) in [6.45, 7) is 2.89. The van der Waals surface area contributed by atoms with Crippen LogP contribution in [0.5, 0.6) is 11.5 Å². The first-order chi connectivity index (χ1) is 15.0. The van der Waals surface area contributed by atoms with Crippen molar-refractivity contribution >= 4 is 21.4 Å². The average Bonchev–Trinajstić information content (AvgIpc) is 3.43. The monoisotopic (exact) mass is 461 g/mol. The molecule has 0 atom stereocenters. The number of nitrogens with zero attached hydrogens (tertiary/aromatic N) is 3. The number of sulfonamides is 1. The molecule has 0 aliphatic carbocycles. The van der Waals surface area contributed by atoms with E-state index < -0.39 is 15.8 Å². The molecule has 0 bridgehead atoms. The van der Waals surface area contributed by atoms with Gasteiger partial charge < -0.3 is 9.47 Å². The van der Waals surface area contributed by atoms with Crippen LogP contribution in [0.2, 0.25) is 0 Å². The number of aromatic nitrogens is 1. The molecular weight excluding hydrogens is 441 g/mol. The number of ether oxygens (including phenoxy) is 2. The second-order valence-electron chi connectivity index (χ2n) is 7.35. The van der Waals surface area contributed by atoms with Crippen LogP contribution in [0.15, 0.2) is 52.7 Å². The molecule has 162 valence electrons. The molecule has 3 heterocycles. The molecule has 0 spiro atoms. The van der Waals surface area contributed by atoms with Gasteiger partial charge in [0, 0.05) is 43.7 Å². The number of fused-ring (bicyclic) bond motifs is 1. The van der Waals surface area contributed by atoms with E-state index in [1.54, 1.807) is 11.3 Å². The minimum absolute atomic E-state index is 0.121. The van der Waals surface area contributed by atoms with Crippen molar-refractivity contribution in [2.45, 2.75) is 11.4 Å². The molecule has 1 aromatic heterocycles. The van der Waals surface area contributed by atoms with Crippen LogP contribution in [0.3, 0.4) is 0 Å². The summed E-state index contributed by atoms with van der Waals surface area (Å²) in [6.07, 6.45) is 0. The first-order valence-corrected chi connectivity index (χ1v) is 12.1. The molecule has 2 aliphatic heterocycles. The molecule has 31 heavy (non-hydrogen) atoms. The highest BCUT2D eigenvalue weighted by molar-refractivity contribution is 7.89. The van der Waals surface area contributed by atoms with Gasteiger partial charge in [-0.2, -0.15) is 4.31 Å². The number of benzene rings is 2. The number of thiazole rings is 1. The number of hydrogen-bond donors (Lipinski definition) is 0. The summed E-state index contributed by atoms with van der Waals surface area (Å²) in [5, 5.41) is 2.94. The lowest BCUT2D eigenvalue weighted by molar-refractivity contribution is 0.174. The molecule has 2 aliphatic rings. The third-order valence-corrected chi connectivity index (χ3v) is 8.19. The molecule has 1 saturated heterocycles. The fourth-order valence-corrected chi connectivity index (χ4v) is 5.88. The zero-order chi connectivity index (χ0) is 21.4. The van der Waals surface area contributed by atoms with E-state index in [0.29, 0.717) is 32.7 Å². The number of halogens is 1. The van der Waals surface area contributed by atoms with E-state index in [0.717, 1.165) is 27.8 Å². The van der Waals surface area contributed by atoms with Gasteiger partial charge in [0.15, 0.2) is 11.5 Å². The zero-order valence-corrected chi connectivity index (χ0v) is 18.2. The van der Waals surface area contributed by atoms with E-state index in [1.165, 1.54) is 28.6 Å². The standard InChI is InChI=1S/C21H20FN3O4S2/c22-16-2-4-18(5-3-16)31(26,27)25-9-7-24(8-10-25)12-17-13-30-21(23-17)15-1-6-19-20(11-15)29-14-28-19/h1-6,11,13H,7-10,12,14H2. The van der Waals surface area contributed by atoms with Gasteiger partial charge in [0.1, 0.15) is 10.8 Å². The van der Waals surface area contributed by atoms with Crippen LogP contribution >= 0.6 is 11.3 Å². The summed E-state index contributed by atoms with van der Waals surface area (Å²) in [5.41, 5.74) is 1.93. The lowest BCUT2D eigenvalue weighted by atomic mass is 10.2. The Balaban J connectivity index is 1.21. The maximum absolute atomic E-state index is 13.1. The number of rotatable bonds is 5. The number of hydrogen-bond acceptors (Lipinski definition) is 7. The van der Waals surface area contributed by atoms with E-state index in [1.807, 2.05) is 23.6 Å². The lowest BCUT2D eigenvalue weighted by Gasteiger charge is -2.33. The van der Waals surface area contributed by atoms with Gasteiger partial charge in [-0.25, -0.2) is 17.8 Å². The fourth-order valence-electron chi connectivity index (χ4n) is 3.65. The van der Waals surface area contributed by atoms with E-state index in [9.17, 15) is 12.8 Å². The first-order valence-electron chi connectivity index (χ1n) is 9.81. The van der Waals surface area contributed by atoms with Crippen molar-refractivity contribution in [1.29, 1.82) is 0 Å². The van der Waals surface area contributed by atoms with E-state index in [2.05, 4.69) is 4.90 Å². The van der Waals surface area contributed by atoms with Crippen LogP contribution in [0.1, 0.15) is 5.69 Å². The van der Waals surface area contributed by atoms with Crippen molar-refractivity contribution < 1.29 is 22.3 Å². The van der Waals surface area contributed by atoms with Crippen molar-refractivity contribution in [3.8, 4) is 22.1 Å². The Morgan fingerprint density at radius 2 is 1.74 bits per heavy atom. The normalized spacial score (nSPS) is 17.2. The second kappa shape index (κ2) is 8.19. The summed E-state index contributed by atoms with van der Waals surface area (Å²) in [7, 11) is -3.61. The minimum Gasteiger partial charge on any atom is -0.454 e. The minimum atomic E-state index is -3.61. The Morgan fingerprint density at radius 3 is 2.52 bits per heavy atom. The highest BCUT2D eigenvalue weighted by Crippen LogP contribution is 2.36. The summed E-state index contributed by atoms with van der Waals surface area (Å²) in [4.78, 5) is 7.05. The third-order valence-electron chi connectivity index (χ3n) is 5.34. The average molecular weight is 462 g/mol. The molecule has 7 nitrogen and oxygen atoms in total. The van der Waals surface area contributed by atoms with Crippen molar-refractivity contribution in [2.75, 3.05) is 33.0 Å². The Bertz CT molecular complexity index is 1190. The van der Waals surface area contributed by atoms with Gasteiger partial charge in [0.05, 0.1) is 10.6 Å². The molecular formula is C21H20FN3O4S2. The molecule has 5 rings (SSSR count). The lowest BCUT2D eigenvalue weighted by Crippen LogP contribution is -2.48. The topological polar surface area (TPSA) is 72.0 Å². The van der Waals surface area contributed by atoms with Gasteiger partial charge in [-0.15, -0.1) is 11.3 Å². The van der Waals surface area contributed by atoms with Crippen molar-refractivity contribution in [1.82, 2.24) is 14.2 Å². The van der Waals surface area contributed by atoms with Crippen LogP contribution in [-0.2, 0) is 16.6 Å². The van der Waals surface area contributed by atoms with Gasteiger partial charge in [0.2, 0.25) is 16.8 Å². The van der Waals surface area contributed by atoms with E-state index in [-0.39, 0.29) is 11.7 Å². The Labute approximate surface area is 183 Å². The molecule has 0 saturated carbocycles. The smallest absolute Gasteiger partial charge is 0.243 e. The Morgan fingerprint density at radius 1 is 1.00 bits per heavy atom. The summed E-state index contributed by atoms with van der Waals surface area (Å²) in [5.74, 6) is 1.02. The van der Waals surface area contributed by atoms with Gasteiger partial charge in [-0.3, -0.25) is 4.90 Å².